The second-order valence-corrected chi connectivity index (χ2v) is 4.91. The number of methoxy groups -OCH3 is 1. The van der Waals surface area contributed by atoms with Crippen molar-refractivity contribution in [2.45, 2.75) is 13.0 Å². The van der Waals surface area contributed by atoms with Crippen molar-refractivity contribution in [1.29, 1.82) is 0 Å². The largest absolute Gasteiger partial charge is 0.383 e. The molecule has 0 fully saturated rings. The highest BCUT2D eigenvalue weighted by molar-refractivity contribution is 6.17. The van der Waals surface area contributed by atoms with Gasteiger partial charge < -0.3 is 14.6 Å². The van der Waals surface area contributed by atoms with Gasteiger partial charge in [-0.05, 0) is 18.2 Å². The number of fused-ring (bicyclic) bond motifs is 1. The van der Waals surface area contributed by atoms with E-state index in [0.29, 0.717) is 42.3 Å². The fourth-order valence-electron chi connectivity index (χ4n) is 2.09. The molecule has 114 valence electrons. The molecular formula is C14H17ClFN3O2. The van der Waals surface area contributed by atoms with Gasteiger partial charge in [0.25, 0.3) is 0 Å². The van der Waals surface area contributed by atoms with Gasteiger partial charge in [-0.3, -0.25) is 4.79 Å². The third kappa shape index (κ3) is 3.92. The molecule has 0 aliphatic carbocycles. The van der Waals surface area contributed by atoms with E-state index in [2.05, 4.69) is 10.3 Å². The van der Waals surface area contributed by atoms with Gasteiger partial charge in [0, 0.05) is 26.0 Å². The zero-order valence-corrected chi connectivity index (χ0v) is 12.5. The molecule has 0 radical (unpaired) electrons. The number of hydrogen-bond donors (Lipinski definition) is 1. The zero-order valence-electron chi connectivity index (χ0n) is 11.7. The van der Waals surface area contributed by atoms with Crippen molar-refractivity contribution < 1.29 is 13.9 Å². The number of aryl methyl sites for hydroxylation is 1. The van der Waals surface area contributed by atoms with Crippen molar-refractivity contribution in [2.24, 2.45) is 0 Å². The number of ether oxygens (including phenoxy) is 1. The highest BCUT2D eigenvalue weighted by Gasteiger charge is 2.13. The number of rotatable bonds is 7. The number of imidazole rings is 1. The molecule has 0 aliphatic rings. The first-order chi connectivity index (χ1) is 10.2. The normalized spacial score (nSPS) is 11.0. The number of benzene rings is 1. The number of halogens is 2. The van der Waals surface area contributed by atoms with Crippen LogP contribution in [-0.4, -0.2) is 41.6 Å². The summed E-state index contributed by atoms with van der Waals surface area (Å²) < 4.78 is 20.0. The van der Waals surface area contributed by atoms with Crippen LogP contribution in [0.2, 0.25) is 0 Å². The van der Waals surface area contributed by atoms with Gasteiger partial charge >= 0.3 is 0 Å². The quantitative estimate of drug-likeness (QED) is 0.625. The van der Waals surface area contributed by atoms with Gasteiger partial charge in [0.15, 0.2) is 0 Å². The van der Waals surface area contributed by atoms with Gasteiger partial charge in [-0.15, -0.1) is 11.6 Å². The number of hydrogen-bond acceptors (Lipinski definition) is 3. The van der Waals surface area contributed by atoms with Crippen LogP contribution in [0.4, 0.5) is 4.39 Å². The van der Waals surface area contributed by atoms with Gasteiger partial charge in [-0.25, -0.2) is 9.37 Å². The summed E-state index contributed by atoms with van der Waals surface area (Å²) in [5.74, 6) is 0.525. The number of nitrogens with one attached hydrogen (secondary N) is 1. The lowest BCUT2D eigenvalue weighted by atomic mass is 10.3. The minimum atomic E-state index is -0.360. The van der Waals surface area contributed by atoms with Crippen molar-refractivity contribution in [3.05, 3.63) is 29.8 Å². The Balaban J connectivity index is 2.24. The van der Waals surface area contributed by atoms with E-state index in [1.54, 1.807) is 17.7 Å². The number of carbonyl (C=O) groups excluding carboxylic acids is 1. The molecule has 0 saturated heterocycles. The van der Waals surface area contributed by atoms with E-state index in [1.165, 1.54) is 12.1 Å². The van der Waals surface area contributed by atoms with E-state index >= 15 is 0 Å². The molecule has 0 saturated carbocycles. The second-order valence-electron chi connectivity index (χ2n) is 4.53. The van der Waals surface area contributed by atoms with Crippen LogP contribution >= 0.6 is 11.6 Å². The van der Waals surface area contributed by atoms with Crippen molar-refractivity contribution in [3.8, 4) is 0 Å². The number of nitrogens with zero attached hydrogens (tertiary/aromatic N) is 2. The Morgan fingerprint density at radius 3 is 3.05 bits per heavy atom. The number of aromatic nitrogens is 2. The van der Waals surface area contributed by atoms with Gasteiger partial charge in [0.2, 0.25) is 5.91 Å². The predicted octanol–water partition coefficient (Wildman–Crippen LogP) is 1.72. The zero-order chi connectivity index (χ0) is 15.2. The summed E-state index contributed by atoms with van der Waals surface area (Å²) in [4.78, 5) is 16.3. The number of alkyl halides is 1. The van der Waals surface area contributed by atoms with E-state index in [9.17, 15) is 9.18 Å². The molecule has 2 rings (SSSR count). The Morgan fingerprint density at radius 2 is 2.33 bits per heavy atom. The summed E-state index contributed by atoms with van der Waals surface area (Å²) in [6.45, 7) is 0.955. The number of carbonyl (C=O) groups is 1. The summed E-state index contributed by atoms with van der Waals surface area (Å²) in [5, 5.41) is 2.73. The topological polar surface area (TPSA) is 56.1 Å². The second kappa shape index (κ2) is 7.38. The van der Waals surface area contributed by atoms with E-state index in [1.807, 2.05) is 0 Å². The lowest BCUT2D eigenvalue weighted by Crippen LogP contribution is -2.30. The predicted molar refractivity (Wildman–Crippen MR) is 79.0 cm³/mol. The van der Waals surface area contributed by atoms with Crippen molar-refractivity contribution in [2.75, 3.05) is 26.1 Å². The minimum absolute atomic E-state index is 0.0793. The molecule has 1 heterocycles. The first-order valence-corrected chi connectivity index (χ1v) is 7.15. The Kier molecular flexibility index (Phi) is 5.52. The third-order valence-corrected chi connectivity index (χ3v) is 3.23. The Hall–Kier alpha value is -1.66. The average molecular weight is 314 g/mol. The van der Waals surface area contributed by atoms with Gasteiger partial charge in [0.1, 0.15) is 18.2 Å². The van der Waals surface area contributed by atoms with Crippen LogP contribution in [0, 0.1) is 5.82 Å². The van der Waals surface area contributed by atoms with E-state index in [4.69, 9.17) is 16.3 Å². The van der Waals surface area contributed by atoms with Crippen LogP contribution in [0.1, 0.15) is 5.82 Å². The van der Waals surface area contributed by atoms with Crippen LogP contribution in [0.25, 0.3) is 11.0 Å². The van der Waals surface area contributed by atoms with E-state index in [-0.39, 0.29) is 18.3 Å². The van der Waals surface area contributed by atoms with Gasteiger partial charge in [-0.2, -0.15) is 0 Å². The van der Waals surface area contributed by atoms with Crippen LogP contribution in [0.5, 0.6) is 0 Å². The van der Waals surface area contributed by atoms with Crippen LogP contribution < -0.4 is 5.32 Å². The molecule has 21 heavy (non-hydrogen) atoms. The molecule has 0 bridgehead atoms. The number of amides is 1. The van der Waals surface area contributed by atoms with Crippen molar-refractivity contribution >= 4 is 28.5 Å². The molecule has 0 aliphatic heterocycles. The van der Waals surface area contributed by atoms with Crippen molar-refractivity contribution in [3.63, 3.8) is 0 Å². The highest BCUT2D eigenvalue weighted by atomic mass is 35.5. The van der Waals surface area contributed by atoms with E-state index in [0.717, 1.165) is 0 Å². The molecule has 0 atom stereocenters. The molecule has 0 spiro atoms. The maximum Gasteiger partial charge on any atom is 0.240 e. The van der Waals surface area contributed by atoms with E-state index < -0.39 is 0 Å². The highest BCUT2D eigenvalue weighted by Crippen LogP contribution is 2.18. The van der Waals surface area contributed by atoms with Gasteiger partial charge in [-0.1, -0.05) is 0 Å². The fraction of sp³-hybridized carbons (Fsp3) is 0.429. The summed E-state index contributed by atoms with van der Waals surface area (Å²) in [6, 6.07) is 4.33. The maximum atomic E-state index is 13.4. The summed E-state index contributed by atoms with van der Waals surface area (Å²) in [5.41, 5.74) is 1.25. The third-order valence-electron chi connectivity index (χ3n) is 3.04. The molecule has 1 amide bonds. The maximum absolute atomic E-state index is 13.4. The Bertz CT molecular complexity index is 630. The average Bonchev–Trinajstić information content (AvgIpc) is 2.77. The SMILES string of the molecule is COCCNC(=O)Cn1c(CCCl)nc2ccc(F)cc21. The van der Waals surface area contributed by atoms with Crippen LogP contribution in [0.15, 0.2) is 18.2 Å². The molecule has 2 aromatic rings. The molecular weight excluding hydrogens is 297 g/mol. The Labute approximate surface area is 127 Å². The molecule has 7 heteroatoms. The lowest BCUT2D eigenvalue weighted by Gasteiger charge is -2.09. The fourth-order valence-corrected chi connectivity index (χ4v) is 2.26. The van der Waals surface area contributed by atoms with Crippen molar-refractivity contribution in [1.82, 2.24) is 14.9 Å². The molecule has 0 unspecified atom stereocenters. The van der Waals surface area contributed by atoms with Crippen LogP contribution in [-0.2, 0) is 22.5 Å². The summed E-state index contributed by atoms with van der Waals surface area (Å²) >= 11 is 5.76. The summed E-state index contributed by atoms with van der Waals surface area (Å²) in [6.07, 6.45) is 0.517. The molecule has 1 aromatic carbocycles. The molecule has 1 aromatic heterocycles. The van der Waals surface area contributed by atoms with Gasteiger partial charge in [0.05, 0.1) is 17.6 Å². The minimum Gasteiger partial charge on any atom is -0.383 e. The lowest BCUT2D eigenvalue weighted by molar-refractivity contribution is -0.121. The molecule has 5 nitrogen and oxygen atoms in total. The first kappa shape index (κ1) is 15.7. The first-order valence-electron chi connectivity index (χ1n) is 6.62. The Morgan fingerprint density at radius 1 is 1.52 bits per heavy atom. The summed E-state index contributed by atoms with van der Waals surface area (Å²) in [7, 11) is 1.57. The van der Waals surface area contributed by atoms with Crippen LogP contribution in [0.3, 0.4) is 0 Å². The monoisotopic (exact) mass is 313 g/mol. The molecule has 1 N–H and O–H groups in total. The smallest absolute Gasteiger partial charge is 0.240 e. The standard InChI is InChI=1S/C14H17ClFN3O2/c1-21-7-6-17-14(20)9-19-12-8-10(16)2-3-11(12)18-13(19)4-5-15/h2-3,8H,4-7,9H2,1H3,(H,17,20).